The number of nitrogens with one attached hydrogen (secondary N) is 1. The summed E-state index contributed by atoms with van der Waals surface area (Å²) in [5.74, 6) is 4.00. The molecule has 2 aromatic rings. The zero-order chi connectivity index (χ0) is 13.1. The summed E-state index contributed by atoms with van der Waals surface area (Å²) in [6.07, 6.45) is 5.70. The van der Waals surface area contributed by atoms with Crippen molar-refractivity contribution in [2.24, 2.45) is 23.7 Å². The van der Waals surface area contributed by atoms with Crippen molar-refractivity contribution in [3.63, 3.8) is 0 Å². The number of pyridine rings is 1. The number of benzene rings is 1. The largest absolute Gasteiger partial charge is 0.218 e. The van der Waals surface area contributed by atoms with E-state index in [9.17, 15) is 0 Å². The van der Waals surface area contributed by atoms with Crippen LogP contribution in [0.4, 0.5) is 0 Å². The minimum atomic E-state index is 0.521. The van der Waals surface area contributed by atoms with Crippen LogP contribution in [0.2, 0.25) is 0 Å². The van der Waals surface area contributed by atoms with Gasteiger partial charge in [0, 0.05) is 23.0 Å². The molecule has 0 spiro atoms. The van der Waals surface area contributed by atoms with Gasteiger partial charge in [-0.05, 0) is 48.1 Å². The molecule has 5 fully saturated rings. The van der Waals surface area contributed by atoms with E-state index in [-0.39, 0.29) is 0 Å². The SMILES string of the molecule is Cc1ccc(C23C4CC5C(C42)C53c2cc[nH+]cc2)cc1. The maximum atomic E-state index is 3.19. The molecule has 7 rings (SSSR count). The summed E-state index contributed by atoms with van der Waals surface area (Å²) >= 11 is 0. The van der Waals surface area contributed by atoms with Gasteiger partial charge in [0.05, 0.1) is 0 Å². The Morgan fingerprint density at radius 2 is 1.40 bits per heavy atom. The van der Waals surface area contributed by atoms with E-state index in [0.717, 1.165) is 23.7 Å². The Labute approximate surface area is 119 Å². The molecule has 1 aromatic heterocycles. The molecule has 0 amide bonds. The van der Waals surface area contributed by atoms with E-state index in [1.165, 1.54) is 12.0 Å². The predicted molar refractivity (Wildman–Crippen MR) is 76.1 cm³/mol. The fraction of sp³-hybridized carbons (Fsp3) is 0.421. The van der Waals surface area contributed by atoms with Crippen molar-refractivity contribution in [2.45, 2.75) is 24.2 Å². The molecule has 1 nitrogen and oxygen atoms in total. The highest BCUT2D eigenvalue weighted by molar-refractivity contribution is 5.68. The molecule has 5 aliphatic carbocycles. The molecule has 1 heterocycles. The van der Waals surface area contributed by atoms with Gasteiger partial charge in [0.25, 0.3) is 0 Å². The second-order valence-electron chi connectivity index (χ2n) is 7.39. The first kappa shape index (κ1) is 10.1. The maximum Gasteiger partial charge on any atom is 0.167 e. The standard InChI is InChI=1S/C19H17N/c1-11-2-4-12(5-3-11)18-14-10-15-17(16(14)18)19(15,18)13-6-8-20-9-7-13/h2-9,14-17H,10H2,1H3/p+1. The normalized spacial score (nSPS) is 48.5. The molecule has 1 heteroatoms. The van der Waals surface area contributed by atoms with Crippen LogP contribution in [0, 0.1) is 30.6 Å². The lowest BCUT2D eigenvalue weighted by Crippen LogP contribution is -2.39. The number of rotatable bonds is 2. The Bertz CT molecular complexity index is 722. The number of hydrogen-bond acceptors (Lipinski definition) is 0. The number of aromatic amines is 1. The van der Waals surface area contributed by atoms with Gasteiger partial charge in [0.2, 0.25) is 0 Å². The first-order valence-electron chi connectivity index (χ1n) is 7.86. The van der Waals surface area contributed by atoms with Crippen LogP contribution >= 0.6 is 0 Å². The molecular weight excluding hydrogens is 242 g/mol. The molecule has 6 unspecified atom stereocenters. The minimum Gasteiger partial charge on any atom is -0.218 e. The summed E-state index contributed by atoms with van der Waals surface area (Å²) in [7, 11) is 0. The van der Waals surface area contributed by atoms with Crippen LogP contribution in [0.25, 0.3) is 0 Å². The van der Waals surface area contributed by atoms with Gasteiger partial charge in [-0.2, -0.15) is 0 Å². The lowest BCUT2D eigenvalue weighted by Gasteiger charge is -2.37. The van der Waals surface area contributed by atoms with Crippen LogP contribution < -0.4 is 4.98 Å². The zero-order valence-corrected chi connectivity index (χ0v) is 11.6. The molecule has 0 radical (unpaired) electrons. The molecule has 1 N–H and O–H groups in total. The highest BCUT2D eigenvalue weighted by atomic mass is 15.1. The van der Waals surface area contributed by atoms with Crippen LogP contribution in [-0.4, -0.2) is 0 Å². The Balaban J connectivity index is 1.56. The third-order valence-electron chi connectivity index (χ3n) is 7.17. The van der Waals surface area contributed by atoms with Crippen molar-refractivity contribution >= 4 is 0 Å². The minimum absolute atomic E-state index is 0.521. The zero-order valence-electron chi connectivity index (χ0n) is 11.6. The van der Waals surface area contributed by atoms with Gasteiger partial charge < -0.3 is 0 Å². The van der Waals surface area contributed by atoms with Gasteiger partial charge in [0.1, 0.15) is 0 Å². The Morgan fingerprint density at radius 1 is 0.850 bits per heavy atom. The smallest absolute Gasteiger partial charge is 0.167 e. The van der Waals surface area contributed by atoms with Crippen LogP contribution in [-0.2, 0) is 10.8 Å². The van der Waals surface area contributed by atoms with Crippen LogP contribution in [0.5, 0.6) is 0 Å². The average molecular weight is 260 g/mol. The van der Waals surface area contributed by atoms with Gasteiger partial charge in [-0.1, -0.05) is 29.8 Å². The first-order valence-corrected chi connectivity index (χ1v) is 7.86. The first-order chi connectivity index (χ1) is 9.83. The van der Waals surface area contributed by atoms with E-state index in [1.807, 2.05) is 0 Å². The number of H-pyrrole nitrogens is 1. The fourth-order valence-corrected chi connectivity index (χ4v) is 6.84. The Hall–Kier alpha value is -1.63. The monoisotopic (exact) mass is 260 g/mol. The van der Waals surface area contributed by atoms with Crippen molar-refractivity contribution in [1.29, 1.82) is 0 Å². The summed E-state index contributed by atoms with van der Waals surface area (Å²) < 4.78 is 0. The predicted octanol–water partition coefficient (Wildman–Crippen LogP) is 2.89. The van der Waals surface area contributed by atoms with Crippen molar-refractivity contribution in [3.05, 3.63) is 65.5 Å². The van der Waals surface area contributed by atoms with Gasteiger partial charge in [0.15, 0.2) is 12.4 Å². The number of aromatic nitrogens is 1. The molecule has 20 heavy (non-hydrogen) atoms. The number of aryl methyl sites for hydroxylation is 1. The van der Waals surface area contributed by atoms with Crippen LogP contribution in [0.3, 0.4) is 0 Å². The second kappa shape index (κ2) is 2.72. The summed E-state index contributed by atoms with van der Waals surface area (Å²) in [6.45, 7) is 2.19. The van der Waals surface area contributed by atoms with E-state index in [0.29, 0.717) is 10.8 Å². The van der Waals surface area contributed by atoms with Crippen LogP contribution in [0.15, 0.2) is 48.8 Å². The average Bonchev–Trinajstić information content (AvgIpc) is 3.12. The third-order valence-corrected chi connectivity index (χ3v) is 7.17. The van der Waals surface area contributed by atoms with E-state index in [4.69, 9.17) is 0 Å². The molecule has 6 atom stereocenters. The van der Waals surface area contributed by atoms with Crippen molar-refractivity contribution in [1.82, 2.24) is 0 Å². The van der Waals surface area contributed by atoms with Crippen molar-refractivity contribution < 1.29 is 4.98 Å². The fourth-order valence-electron chi connectivity index (χ4n) is 6.84. The summed E-state index contributed by atoms with van der Waals surface area (Å²) in [5.41, 5.74) is 5.65. The summed E-state index contributed by atoms with van der Waals surface area (Å²) in [5, 5.41) is 0. The Morgan fingerprint density at radius 3 is 1.95 bits per heavy atom. The molecule has 0 saturated heterocycles. The highest BCUT2D eigenvalue weighted by Gasteiger charge is 3.04. The topological polar surface area (TPSA) is 14.1 Å². The van der Waals surface area contributed by atoms with Crippen LogP contribution in [0.1, 0.15) is 23.1 Å². The second-order valence-corrected chi connectivity index (χ2v) is 7.39. The third kappa shape index (κ3) is 0.718. The Kier molecular flexibility index (Phi) is 1.38. The molecule has 0 aliphatic heterocycles. The molecule has 2 bridgehead atoms. The lowest BCUT2D eigenvalue weighted by molar-refractivity contribution is -0.378. The maximum absolute atomic E-state index is 3.19. The van der Waals surface area contributed by atoms with E-state index >= 15 is 0 Å². The van der Waals surface area contributed by atoms with Gasteiger partial charge >= 0.3 is 0 Å². The molecule has 5 aliphatic rings. The summed E-state index contributed by atoms with van der Waals surface area (Å²) in [6, 6.07) is 14.1. The molecular formula is C19H18N+. The van der Waals surface area contributed by atoms with Gasteiger partial charge in [-0.3, -0.25) is 0 Å². The lowest BCUT2D eigenvalue weighted by atomic mass is 9.65. The molecule has 98 valence electrons. The number of hydrogen-bond donors (Lipinski definition) is 0. The van der Waals surface area contributed by atoms with Gasteiger partial charge in [-0.15, -0.1) is 0 Å². The van der Waals surface area contributed by atoms with Crippen molar-refractivity contribution in [3.8, 4) is 0 Å². The van der Waals surface area contributed by atoms with Gasteiger partial charge in [-0.25, -0.2) is 4.98 Å². The molecule has 5 saturated carbocycles. The van der Waals surface area contributed by atoms with E-state index < -0.39 is 0 Å². The van der Waals surface area contributed by atoms with Crippen molar-refractivity contribution in [2.75, 3.05) is 0 Å². The van der Waals surface area contributed by atoms with E-state index in [2.05, 4.69) is 60.7 Å². The summed E-state index contributed by atoms with van der Waals surface area (Å²) in [4.78, 5) is 3.19. The highest BCUT2D eigenvalue weighted by Crippen LogP contribution is 3.03. The quantitative estimate of drug-likeness (QED) is 0.788. The van der Waals surface area contributed by atoms with E-state index in [1.54, 1.807) is 11.1 Å². The molecule has 1 aromatic carbocycles.